The number of alkyl halides is 3. The Kier molecular flexibility index (Phi) is 7.14. The molecule has 4 nitrogen and oxygen atoms in total. The van der Waals surface area contributed by atoms with Gasteiger partial charge in [0, 0.05) is 23.2 Å². The average Bonchev–Trinajstić information content (AvgIpc) is 3.15. The molecule has 0 spiro atoms. The van der Waals surface area contributed by atoms with Gasteiger partial charge < -0.3 is 14.7 Å². The lowest BCUT2D eigenvalue weighted by Crippen LogP contribution is -2.29. The normalized spacial score (nSPS) is 18.4. The number of hydrogen-bond donors (Lipinski definition) is 1. The van der Waals surface area contributed by atoms with Gasteiger partial charge >= 0.3 is 6.18 Å². The summed E-state index contributed by atoms with van der Waals surface area (Å²) in [4.78, 5) is 14.8. The number of halogens is 4. The molecule has 3 aromatic carbocycles. The number of hydrogen-bond acceptors (Lipinski definition) is 3. The molecular weight excluding hydrogens is 467 g/mol. The van der Waals surface area contributed by atoms with Gasteiger partial charge in [0.1, 0.15) is 11.5 Å². The van der Waals surface area contributed by atoms with Crippen molar-refractivity contribution in [1.29, 1.82) is 0 Å². The van der Waals surface area contributed by atoms with Crippen LogP contribution in [0.2, 0.25) is 5.02 Å². The lowest BCUT2D eigenvalue weighted by molar-refractivity contribution is -0.137. The zero-order valence-electron chi connectivity index (χ0n) is 18.1. The highest BCUT2D eigenvalue weighted by atomic mass is 35.5. The van der Waals surface area contributed by atoms with Crippen LogP contribution in [0.4, 0.5) is 18.9 Å². The predicted molar refractivity (Wildman–Crippen MR) is 124 cm³/mol. The van der Waals surface area contributed by atoms with Crippen LogP contribution in [-0.2, 0) is 11.0 Å². The summed E-state index contributed by atoms with van der Waals surface area (Å²) in [6.07, 6.45) is -3.17. The van der Waals surface area contributed by atoms with Gasteiger partial charge in [0.25, 0.3) is 0 Å². The Morgan fingerprint density at radius 3 is 2.26 bits per heavy atom. The molecule has 0 unspecified atom stereocenters. The molecule has 1 aliphatic heterocycles. The Labute approximate surface area is 200 Å². The Morgan fingerprint density at radius 2 is 1.65 bits per heavy atom. The van der Waals surface area contributed by atoms with Gasteiger partial charge in [-0.25, -0.2) is 0 Å². The first-order valence-electron chi connectivity index (χ1n) is 10.9. The standard InChI is InChI=1S/C26H23ClF3NO3/c27-20-6-10-22(11-7-20)34-23-12-8-21(9-13-23)31-24(16-18(25(31)33)4-2-14-32)17-3-1-5-19(15-17)26(28,29)30/h1,3,5-13,15,18,24,32H,2,4,14,16H2/t18-,24-/m1/s1. The molecule has 0 aliphatic carbocycles. The molecular formula is C26H23ClF3NO3. The van der Waals surface area contributed by atoms with Crippen LogP contribution < -0.4 is 9.64 Å². The third-order valence-electron chi connectivity index (χ3n) is 5.88. The van der Waals surface area contributed by atoms with Crippen LogP contribution in [0.25, 0.3) is 0 Å². The topological polar surface area (TPSA) is 49.8 Å². The van der Waals surface area contributed by atoms with E-state index in [9.17, 15) is 23.1 Å². The van der Waals surface area contributed by atoms with E-state index in [1.54, 1.807) is 59.5 Å². The number of amides is 1. The maximum atomic E-state index is 13.3. The summed E-state index contributed by atoms with van der Waals surface area (Å²) in [6, 6.07) is 18.3. The summed E-state index contributed by atoms with van der Waals surface area (Å²) in [6.45, 7) is -0.0469. The number of ether oxygens (including phenoxy) is 1. The number of aliphatic hydroxyl groups excluding tert-OH is 1. The van der Waals surface area contributed by atoms with Crippen LogP contribution in [0.3, 0.4) is 0 Å². The second-order valence-electron chi connectivity index (χ2n) is 8.20. The Morgan fingerprint density at radius 1 is 1.00 bits per heavy atom. The van der Waals surface area contributed by atoms with Gasteiger partial charge in [0.15, 0.2) is 0 Å². The third kappa shape index (κ3) is 5.37. The second kappa shape index (κ2) is 10.1. The van der Waals surface area contributed by atoms with Gasteiger partial charge in [-0.3, -0.25) is 4.79 Å². The molecule has 34 heavy (non-hydrogen) atoms. The number of benzene rings is 3. The van der Waals surface area contributed by atoms with Crippen molar-refractivity contribution >= 4 is 23.2 Å². The van der Waals surface area contributed by atoms with Crippen LogP contribution in [0.1, 0.15) is 36.4 Å². The molecule has 0 aromatic heterocycles. The number of rotatable bonds is 7. The number of aliphatic hydroxyl groups is 1. The number of anilines is 1. The van der Waals surface area contributed by atoms with Gasteiger partial charge in [-0.15, -0.1) is 0 Å². The molecule has 2 atom stereocenters. The molecule has 0 radical (unpaired) electrons. The fourth-order valence-corrected chi connectivity index (χ4v) is 4.36. The molecule has 1 heterocycles. The quantitative estimate of drug-likeness (QED) is 0.388. The maximum Gasteiger partial charge on any atom is 0.416 e. The van der Waals surface area contributed by atoms with Crippen molar-refractivity contribution in [2.24, 2.45) is 5.92 Å². The van der Waals surface area contributed by atoms with E-state index in [1.165, 1.54) is 6.07 Å². The molecule has 8 heteroatoms. The monoisotopic (exact) mass is 489 g/mol. The van der Waals surface area contributed by atoms with E-state index < -0.39 is 17.8 Å². The van der Waals surface area contributed by atoms with E-state index in [1.807, 2.05) is 0 Å². The van der Waals surface area contributed by atoms with Crippen LogP contribution in [0.5, 0.6) is 11.5 Å². The van der Waals surface area contributed by atoms with Gasteiger partial charge in [-0.05, 0) is 85.5 Å². The van der Waals surface area contributed by atoms with E-state index in [0.29, 0.717) is 47.0 Å². The molecule has 0 bridgehead atoms. The molecule has 1 saturated heterocycles. The Hall–Kier alpha value is -3.03. The van der Waals surface area contributed by atoms with Gasteiger partial charge in [0.2, 0.25) is 5.91 Å². The van der Waals surface area contributed by atoms with Crippen molar-refractivity contribution in [3.05, 3.63) is 88.9 Å². The van der Waals surface area contributed by atoms with Crippen LogP contribution in [0.15, 0.2) is 72.8 Å². The Bertz CT molecular complexity index is 1130. The van der Waals surface area contributed by atoms with E-state index >= 15 is 0 Å². The van der Waals surface area contributed by atoms with Crippen molar-refractivity contribution in [2.75, 3.05) is 11.5 Å². The first kappa shape index (κ1) is 24.1. The van der Waals surface area contributed by atoms with Crippen LogP contribution in [-0.4, -0.2) is 17.6 Å². The highest BCUT2D eigenvalue weighted by molar-refractivity contribution is 6.30. The van der Waals surface area contributed by atoms with Crippen molar-refractivity contribution in [2.45, 2.75) is 31.5 Å². The molecule has 3 aromatic rings. The zero-order valence-corrected chi connectivity index (χ0v) is 18.9. The van der Waals surface area contributed by atoms with E-state index in [2.05, 4.69) is 0 Å². The summed E-state index contributed by atoms with van der Waals surface area (Å²) in [5.41, 5.74) is 0.251. The second-order valence-corrected chi connectivity index (χ2v) is 8.63. The third-order valence-corrected chi connectivity index (χ3v) is 6.13. The molecule has 1 amide bonds. The summed E-state index contributed by atoms with van der Waals surface area (Å²) < 4.78 is 45.7. The first-order valence-corrected chi connectivity index (χ1v) is 11.3. The predicted octanol–water partition coefficient (Wildman–Crippen LogP) is 7.02. The van der Waals surface area contributed by atoms with E-state index in [-0.39, 0.29) is 18.4 Å². The minimum atomic E-state index is -4.47. The molecule has 1 aliphatic rings. The largest absolute Gasteiger partial charge is 0.457 e. The summed E-state index contributed by atoms with van der Waals surface area (Å²) in [5, 5.41) is 9.79. The zero-order chi connectivity index (χ0) is 24.3. The van der Waals surface area contributed by atoms with Crippen molar-refractivity contribution in [3.8, 4) is 11.5 Å². The molecule has 1 fully saturated rings. The lowest BCUT2D eigenvalue weighted by Gasteiger charge is -2.26. The minimum Gasteiger partial charge on any atom is -0.457 e. The number of carbonyl (C=O) groups is 1. The van der Waals surface area contributed by atoms with Gasteiger partial charge in [-0.1, -0.05) is 23.7 Å². The van der Waals surface area contributed by atoms with Gasteiger partial charge in [0.05, 0.1) is 11.6 Å². The molecule has 0 saturated carbocycles. The fraction of sp³-hybridized carbons (Fsp3) is 0.269. The SMILES string of the molecule is O=C1[C@H](CCCO)C[C@H](c2cccc(C(F)(F)F)c2)N1c1ccc(Oc2ccc(Cl)cc2)cc1. The van der Waals surface area contributed by atoms with Crippen molar-refractivity contribution in [3.63, 3.8) is 0 Å². The first-order chi connectivity index (χ1) is 16.3. The molecule has 4 rings (SSSR count). The Balaban J connectivity index is 1.62. The van der Waals surface area contributed by atoms with E-state index in [4.69, 9.17) is 16.3 Å². The van der Waals surface area contributed by atoms with Crippen LogP contribution >= 0.6 is 11.6 Å². The van der Waals surface area contributed by atoms with Crippen molar-refractivity contribution < 1.29 is 27.8 Å². The number of carbonyl (C=O) groups excluding carboxylic acids is 1. The van der Waals surface area contributed by atoms with Gasteiger partial charge in [-0.2, -0.15) is 13.2 Å². The highest BCUT2D eigenvalue weighted by Crippen LogP contribution is 2.43. The fourth-order valence-electron chi connectivity index (χ4n) is 4.23. The average molecular weight is 490 g/mol. The van der Waals surface area contributed by atoms with E-state index in [0.717, 1.165) is 12.1 Å². The van der Waals surface area contributed by atoms with Crippen LogP contribution in [0, 0.1) is 5.92 Å². The summed E-state index contributed by atoms with van der Waals surface area (Å²) >= 11 is 5.89. The lowest BCUT2D eigenvalue weighted by atomic mass is 9.95. The smallest absolute Gasteiger partial charge is 0.416 e. The number of nitrogens with zero attached hydrogens (tertiary/aromatic N) is 1. The maximum absolute atomic E-state index is 13.3. The molecule has 178 valence electrons. The highest BCUT2D eigenvalue weighted by Gasteiger charge is 2.41. The summed E-state index contributed by atoms with van der Waals surface area (Å²) in [5.74, 6) is 0.601. The molecule has 1 N–H and O–H groups in total. The minimum absolute atomic E-state index is 0.0469. The summed E-state index contributed by atoms with van der Waals surface area (Å²) in [7, 11) is 0. The van der Waals surface area contributed by atoms with Crippen molar-refractivity contribution in [1.82, 2.24) is 0 Å².